The lowest BCUT2D eigenvalue weighted by Gasteiger charge is -2.37. The fourth-order valence-electron chi connectivity index (χ4n) is 10.2. The summed E-state index contributed by atoms with van der Waals surface area (Å²) in [6.07, 6.45) is 12.4. The molecule has 0 N–H and O–H groups in total. The number of hydrogen-bond donors (Lipinski definition) is 0. The van der Waals surface area contributed by atoms with E-state index in [-0.39, 0.29) is 104 Å². The molecule has 3 atom stereocenters. The van der Waals surface area contributed by atoms with Crippen LogP contribution in [0.1, 0.15) is 431 Å². The van der Waals surface area contributed by atoms with Gasteiger partial charge in [0, 0.05) is 0 Å². The van der Waals surface area contributed by atoms with Crippen LogP contribution in [-0.4, -0.2) is 60.4 Å². The van der Waals surface area contributed by atoms with E-state index in [4.69, 9.17) is 23.7 Å². The van der Waals surface area contributed by atoms with Gasteiger partial charge in [-0.1, -0.05) is 259 Å². The van der Waals surface area contributed by atoms with Gasteiger partial charge in [-0.3, -0.25) is 24.0 Å². The van der Waals surface area contributed by atoms with Crippen LogP contribution in [0.25, 0.3) is 0 Å². The maximum absolute atomic E-state index is 12.0. The smallest absolute Gasteiger partial charge is 0.311 e. The molecule has 0 radical (unpaired) electrons. The number of carbonyl (C=O) groups excluding carboxylic acids is 5. The highest BCUT2D eigenvalue weighted by Crippen LogP contribution is 2.40. The van der Waals surface area contributed by atoms with Crippen molar-refractivity contribution in [3.8, 4) is 0 Å². The molecule has 0 spiro atoms. The first-order chi connectivity index (χ1) is 49.3. The topological polar surface area (TPSA) is 132 Å². The molecule has 1 aliphatic carbocycles. The number of rotatable bonds is 23. The number of hydrogen-bond acceptors (Lipinski definition) is 10. The third-order valence-corrected chi connectivity index (χ3v) is 22.0. The first-order valence-corrected chi connectivity index (χ1v) is 42.7. The molecule has 1 fully saturated rings. The van der Waals surface area contributed by atoms with Crippen molar-refractivity contribution in [2.75, 3.05) is 0 Å². The number of benzene rings is 3. The minimum absolute atomic E-state index is 0.00618. The fraction of sp³-hybridized carbons (Fsp3) is 0.768. The van der Waals surface area contributed by atoms with E-state index in [9.17, 15) is 24.0 Å². The molecule has 3 aromatic carbocycles. The normalized spacial score (nSPS) is 15.1. The highest BCUT2D eigenvalue weighted by Gasteiger charge is 2.36. The van der Waals surface area contributed by atoms with E-state index in [1.165, 1.54) is 71.0 Å². The number of carbonyl (C=O) groups is 5. The Morgan fingerprint density at radius 2 is 0.587 bits per heavy atom. The van der Waals surface area contributed by atoms with E-state index in [1.54, 1.807) is 0 Å². The van der Waals surface area contributed by atoms with Gasteiger partial charge in [0.25, 0.3) is 0 Å². The highest BCUT2D eigenvalue weighted by atomic mass is 16.6. The van der Waals surface area contributed by atoms with E-state index in [0.717, 1.165) is 50.9 Å². The van der Waals surface area contributed by atoms with Crippen LogP contribution in [0.3, 0.4) is 0 Å². The molecule has 0 bridgehead atoms. The van der Waals surface area contributed by atoms with Gasteiger partial charge < -0.3 is 23.7 Å². The first-order valence-electron chi connectivity index (χ1n) is 42.7. The molecule has 1 aliphatic rings. The van der Waals surface area contributed by atoms with Crippen LogP contribution in [0.15, 0.2) is 66.7 Å². The standard InChI is InChI=1S/C18H30.C16H30O2.C14H22.C13H26O2.C11H16.3C9H18O2/c1-9-13(2)14-10-15(17(3,4)5)12-16(11-14)18(6,7)8;1-7-16(5,6)14(17)18-13-10-8-12(9-11-13)15(2,3)4;1-6-11(2)12-7-9-13(10-8-12)14(3,4)5;1-8-13(6,7)12(14)15-11(9(2)3)10(4)5;1-4-10(3)11-7-5-9(2)6-8-11;3*1-6-9(4,5)8(10)11-7(2)3/h10-13H,9H2,1-8H3;12-13H,7-11H2,1-6H3;7-11H,6H2,1-5H3;9-11H,8H2,1-7H3;5-8,10H,4H2,1-3H3;3*7H,6H2,1-5H3. The van der Waals surface area contributed by atoms with E-state index in [0.29, 0.717) is 35.0 Å². The Morgan fingerprint density at radius 3 is 0.826 bits per heavy atom. The third-order valence-electron chi connectivity index (χ3n) is 22.0. The molecule has 0 saturated heterocycles. The van der Waals surface area contributed by atoms with Gasteiger partial charge in [-0.25, -0.2) is 0 Å². The van der Waals surface area contributed by atoms with Crippen LogP contribution in [0.4, 0.5) is 0 Å². The third kappa shape index (κ3) is 45.5. The van der Waals surface area contributed by atoms with Crippen molar-refractivity contribution in [1.82, 2.24) is 0 Å². The van der Waals surface area contributed by atoms with Gasteiger partial charge in [0.2, 0.25) is 0 Å². The monoisotopic (exact) mass is 1530 g/mol. The lowest BCUT2D eigenvalue weighted by atomic mass is 9.72. The van der Waals surface area contributed by atoms with E-state index in [1.807, 2.05) is 145 Å². The Balaban J connectivity index is -0.000000583. The van der Waals surface area contributed by atoms with Crippen LogP contribution in [0.2, 0.25) is 0 Å². The molecule has 0 amide bonds. The lowest BCUT2D eigenvalue weighted by Crippen LogP contribution is -2.35. The van der Waals surface area contributed by atoms with Crippen molar-refractivity contribution in [3.05, 3.63) is 106 Å². The van der Waals surface area contributed by atoms with Gasteiger partial charge in [-0.05, 0) is 285 Å². The van der Waals surface area contributed by atoms with Gasteiger partial charge in [0.15, 0.2) is 0 Å². The predicted molar refractivity (Wildman–Crippen MR) is 471 cm³/mol. The van der Waals surface area contributed by atoms with Crippen LogP contribution in [0.5, 0.6) is 0 Å². The van der Waals surface area contributed by atoms with Crippen LogP contribution >= 0.6 is 0 Å². The van der Waals surface area contributed by atoms with Crippen molar-refractivity contribution in [3.63, 3.8) is 0 Å². The summed E-state index contributed by atoms with van der Waals surface area (Å²) in [5.74, 6) is 3.16. The van der Waals surface area contributed by atoms with E-state index < -0.39 is 0 Å². The Bertz CT molecular complexity index is 2840. The molecule has 3 aromatic rings. The second kappa shape index (κ2) is 50.3. The molecule has 10 heteroatoms. The van der Waals surface area contributed by atoms with Crippen LogP contribution in [0, 0.1) is 57.2 Å². The molecule has 0 aliphatic heterocycles. The largest absolute Gasteiger partial charge is 0.463 e. The van der Waals surface area contributed by atoms with Crippen LogP contribution in [-0.2, 0) is 63.9 Å². The zero-order chi connectivity index (χ0) is 86.6. The maximum Gasteiger partial charge on any atom is 0.311 e. The van der Waals surface area contributed by atoms with E-state index >= 15 is 0 Å². The van der Waals surface area contributed by atoms with Gasteiger partial charge in [-0.2, -0.15) is 0 Å². The summed E-state index contributed by atoms with van der Waals surface area (Å²) in [6.45, 7) is 92.0. The SMILES string of the molecule is CCC(C)(C)C(=O)OC(C(C)C)C(C)C.CCC(C)(C)C(=O)OC(C)C.CCC(C)(C)C(=O)OC(C)C.CCC(C)(C)C(=O)OC(C)C.CCC(C)(C)C(=O)OC1CCC(C(C)(C)C)CC1.CCC(C)c1cc(C(C)(C)C)cc(C(C)(C)C)c1.CCC(C)c1ccc(C(C)(C)C)cc1.CCC(C)c1ccc(C)cc1. The minimum atomic E-state index is -0.359. The summed E-state index contributed by atoms with van der Waals surface area (Å²) in [5, 5.41) is 0. The van der Waals surface area contributed by atoms with Crippen molar-refractivity contribution in [1.29, 1.82) is 0 Å². The summed E-state index contributed by atoms with van der Waals surface area (Å²) < 4.78 is 26.5. The minimum Gasteiger partial charge on any atom is -0.463 e. The quantitative estimate of drug-likeness (QED) is 0.0668. The van der Waals surface area contributed by atoms with Gasteiger partial charge in [0.05, 0.1) is 45.4 Å². The second-order valence-corrected chi connectivity index (χ2v) is 40.2. The summed E-state index contributed by atoms with van der Waals surface area (Å²) in [5.41, 5.74) is 9.53. The molecule has 4 rings (SSSR count). The molecular formula is C99H178O10. The number of ether oxygens (including phenoxy) is 5. The summed E-state index contributed by atoms with van der Waals surface area (Å²) in [6, 6.07) is 25.1. The Kier molecular flexibility index (Phi) is 50.9. The van der Waals surface area contributed by atoms with E-state index in [2.05, 4.69) is 226 Å². The highest BCUT2D eigenvalue weighted by molar-refractivity contribution is 5.77. The predicted octanol–water partition coefficient (Wildman–Crippen LogP) is 29.1. The fourth-order valence-corrected chi connectivity index (χ4v) is 10.2. The maximum atomic E-state index is 12.0. The average Bonchev–Trinajstić information content (AvgIpc) is 0.802. The number of aryl methyl sites for hydroxylation is 1. The second-order valence-electron chi connectivity index (χ2n) is 40.2. The van der Waals surface area contributed by atoms with Gasteiger partial charge >= 0.3 is 29.8 Å². The van der Waals surface area contributed by atoms with Crippen LogP contribution < -0.4 is 0 Å². The average molecular weight is 1530 g/mol. The number of esters is 5. The molecule has 0 heterocycles. The lowest BCUT2D eigenvalue weighted by molar-refractivity contribution is -0.165. The first kappa shape index (κ1) is 110. The molecule has 109 heavy (non-hydrogen) atoms. The molecule has 3 unspecified atom stereocenters. The summed E-state index contributed by atoms with van der Waals surface area (Å²) >= 11 is 0. The molecule has 10 nitrogen and oxygen atoms in total. The molecule has 1 saturated carbocycles. The Hall–Kier alpha value is -4.99. The van der Waals surface area contributed by atoms with Crippen molar-refractivity contribution >= 4 is 29.8 Å². The zero-order valence-corrected chi connectivity index (χ0v) is 79.8. The van der Waals surface area contributed by atoms with Crippen molar-refractivity contribution in [2.45, 2.75) is 446 Å². The van der Waals surface area contributed by atoms with Crippen molar-refractivity contribution < 1.29 is 47.7 Å². The van der Waals surface area contributed by atoms with Gasteiger partial charge in [-0.15, -0.1) is 0 Å². The molecule has 634 valence electrons. The van der Waals surface area contributed by atoms with Gasteiger partial charge in [0.1, 0.15) is 12.2 Å². The summed E-state index contributed by atoms with van der Waals surface area (Å²) in [4.78, 5) is 57.8. The zero-order valence-electron chi connectivity index (χ0n) is 79.8. The van der Waals surface area contributed by atoms with Crippen molar-refractivity contribution in [2.24, 2.45) is 50.2 Å². The molecule has 0 aromatic heterocycles. The Morgan fingerprint density at radius 1 is 0.330 bits per heavy atom. The Labute approximate surface area is 676 Å². The molecular weight excluding hydrogens is 1350 g/mol. The summed E-state index contributed by atoms with van der Waals surface area (Å²) in [7, 11) is 0.